The van der Waals surface area contributed by atoms with E-state index in [2.05, 4.69) is 42.3 Å². The monoisotopic (exact) mass is 282 g/mol. The van der Waals surface area contributed by atoms with Crippen molar-refractivity contribution in [2.75, 3.05) is 0 Å². The van der Waals surface area contributed by atoms with Gasteiger partial charge in [-0.25, -0.2) is 0 Å². The molecule has 1 aromatic carbocycles. The molecular formula is C18H22N2O. The van der Waals surface area contributed by atoms with Gasteiger partial charge in [-0.15, -0.1) is 0 Å². The molecule has 3 nitrogen and oxygen atoms in total. The van der Waals surface area contributed by atoms with E-state index >= 15 is 0 Å². The standard InChI is InChI=1S/C18H22N2O/c1-13-6-7-16(14(2)11-13)8-9-18(21)20-15(3)17-5-4-10-19-12-17/h4-7,10-12,15H,8-9H2,1-3H3,(H,20,21)/t15-/m0/s1. The Bertz CT molecular complexity index is 608. The molecule has 21 heavy (non-hydrogen) atoms. The number of benzene rings is 1. The third-order valence-electron chi connectivity index (χ3n) is 3.68. The van der Waals surface area contributed by atoms with Crippen LogP contribution in [0.1, 0.15) is 41.6 Å². The second-order valence-corrected chi connectivity index (χ2v) is 5.51. The van der Waals surface area contributed by atoms with Crippen LogP contribution in [0.5, 0.6) is 0 Å². The number of nitrogens with one attached hydrogen (secondary N) is 1. The Morgan fingerprint density at radius 1 is 1.29 bits per heavy atom. The number of hydrogen-bond donors (Lipinski definition) is 1. The lowest BCUT2D eigenvalue weighted by molar-refractivity contribution is -0.121. The fourth-order valence-corrected chi connectivity index (χ4v) is 2.40. The Hall–Kier alpha value is -2.16. The van der Waals surface area contributed by atoms with Crippen LogP contribution in [0.25, 0.3) is 0 Å². The van der Waals surface area contributed by atoms with Crippen molar-refractivity contribution >= 4 is 5.91 Å². The highest BCUT2D eigenvalue weighted by Gasteiger charge is 2.10. The van der Waals surface area contributed by atoms with Crippen molar-refractivity contribution in [2.24, 2.45) is 0 Å². The first-order chi connectivity index (χ1) is 10.1. The third kappa shape index (κ3) is 4.42. The molecule has 1 N–H and O–H groups in total. The van der Waals surface area contributed by atoms with Crippen LogP contribution in [0, 0.1) is 13.8 Å². The van der Waals surface area contributed by atoms with Crippen molar-refractivity contribution < 1.29 is 4.79 Å². The van der Waals surface area contributed by atoms with E-state index < -0.39 is 0 Å². The molecule has 0 aliphatic heterocycles. The second kappa shape index (κ2) is 7.02. The predicted octanol–water partition coefficient (Wildman–Crippen LogP) is 3.51. The Morgan fingerprint density at radius 3 is 2.76 bits per heavy atom. The average molecular weight is 282 g/mol. The van der Waals surface area contributed by atoms with Gasteiger partial charge in [-0.1, -0.05) is 29.8 Å². The molecule has 1 aromatic heterocycles. The highest BCUT2D eigenvalue weighted by Crippen LogP contribution is 2.14. The summed E-state index contributed by atoms with van der Waals surface area (Å²) in [4.78, 5) is 16.1. The van der Waals surface area contributed by atoms with Crippen LogP contribution < -0.4 is 5.32 Å². The van der Waals surface area contributed by atoms with E-state index in [1.807, 2.05) is 19.1 Å². The first kappa shape index (κ1) is 15.2. The summed E-state index contributed by atoms with van der Waals surface area (Å²) in [7, 11) is 0. The highest BCUT2D eigenvalue weighted by molar-refractivity contribution is 5.76. The normalized spacial score (nSPS) is 12.0. The Kier molecular flexibility index (Phi) is 5.09. The van der Waals surface area contributed by atoms with Gasteiger partial charge in [-0.2, -0.15) is 0 Å². The molecule has 0 spiro atoms. The van der Waals surface area contributed by atoms with Crippen LogP contribution in [0.3, 0.4) is 0 Å². The van der Waals surface area contributed by atoms with E-state index in [0.29, 0.717) is 6.42 Å². The zero-order chi connectivity index (χ0) is 15.2. The number of rotatable bonds is 5. The van der Waals surface area contributed by atoms with Gasteiger partial charge in [0.05, 0.1) is 6.04 Å². The fraction of sp³-hybridized carbons (Fsp3) is 0.333. The Morgan fingerprint density at radius 2 is 2.10 bits per heavy atom. The Balaban J connectivity index is 1.87. The van der Waals surface area contributed by atoms with Gasteiger partial charge in [0.2, 0.25) is 5.91 Å². The predicted molar refractivity (Wildman–Crippen MR) is 85.0 cm³/mol. The molecule has 0 bridgehead atoms. The largest absolute Gasteiger partial charge is 0.350 e. The van der Waals surface area contributed by atoms with Crippen molar-refractivity contribution in [3.8, 4) is 0 Å². The van der Waals surface area contributed by atoms with Gasteiger partial charge in [0.15, 0.2) is 0 Å². The lowest BCUT2D eigenvalue weighted by Crippen LogP contribution is -2.26. The zero-order valence-corrected chi connectivity index (χ0v) is 12.9. The smallest absolute Gasteiger partial charge is 0.220 e. The molecule has 0 saturated carbocycles. The van der Waals surface area contributed by atoms with Crippen LogP contribution in [-0.4, -0.2) is 10.9 Å². The van der Waals surface area contributed by atoms with E-state index in [1.165, 1.54) is 16.7 Å². The average Bonchev–Trinajstić information content (AvgIpc) is 2.47. The number of pyridine rings is 1. The molecule has 0 unspecified atom stereocenters. The molecule has 0 aliphatic rings. The minimum atomic E-state index is -0.00897. The molecule has 0 saturated heterocycles. The van der Waals surface area contributed by atoms with Crippen LogP contribution in [0.15, 0.2) is 42.7 Å². The van der Waals surface area contributed by atoms with Crippen molar-refractivity contribution in [3.05, 3.63) is 65.0 Å². The molecule has 3 heteroatoms. The Labute approximate surface area is 126 Å². The van der Waals surface area contributed by atoms with E-state index in [1.54, 1.807) is 12.4 Å². The summed E-state index contributed by atoms with van der Waals surface area (Å²) in [6, 6.07) is 10.2. The summed E-state index contributed by atoms with van der Waals surface area (Å²) in [5.41, 5.74) is 4.77. The number of nitrogens with zero attached hydrogens (tertiary/aromatic N) is 1. The topological polar surface area (TPSA) is 42.0 Å². The first-order valence-corrected chi connectivity index (χ1v) is 7.31. The van der Waals surface area contributed by atoms with Crippen LogP contribution in [-0.2, 0) is 11.2 Å². The number of carbonyl (C=O) groups is 1. The van der Waals surface area contributed by atoms with Crippen LogP contribution >= 0.6 is 0 Å². The molecule has 110 valence electrons. The third-order valence-corrected chi connectivity index (χ3v) is 3.68. The quantitative estimate of drug-likeness (QED) is 0.912. The van der Waals surface area contributed by atoms with Gasteiger partial charge < -0.3 is 5.32 Å². The summed E-state index contributed by atoms with van der Waals surface area (Å²) in [6.45, 7) is 6.16. The van der Waals surface area contributed by atoms with Crippen LogP contribution in [0.4, 0.5) is 0 Å². The number of aromatic nitrogens is 1. The van der Waals surface area contributed by atoms with Gasteiger partial charge in [0, 0.05) is 18.8 Å². The SMILES string of the molecule is Cc1ccc(CCC(=O)N[C@@H](C)c2cccnc2)c(C)c1. The maximum absolute atomic E-state index is 12.0. The molecule has 2 aromatic rings. The van der Waals surface area contributed by atoms with Crippen molar-refractivity contribution in [2.45, 2.75) is 39.7 Å². The van der Waals surface area contributed by atoms with E-state index in [0.717, 1.165) is 12.0 Å². The summed E-state index contributed by atoms with van der Waals surface area (Å²) >= 11 is 0. The minimum absolute atomic E-state index is 0.00897. The number of amides is 1. The number of carbonyl (C=O) groups excluding carboxylic acids is 1. The van der Waals surface area contributed by atoms with Gasteiger partial charge >= 0.3 is 0 Å². The minimum Gasteiger partial charge on any atom is -0.350 e. The molecule has 2 rings (SSSR count). The molecular weight excluding hydrogens is 260 g/mol. The molecule has 1 amide bonds. The summed E-state index contributed by atoms with van der Waals surface area (Å²) in [5, 5.41) is 3.02. The van der Waals surface area contributed by atoms with E-state index in [-0.39, 0.29) is 11.9 Å². The summed E-state index contributed by atoms with van der Waals surface area (Å²) in [6.07, 6.45) is 4.81. The molecule has 0 fully saturated rings. The van der Waals surface area contributed by atoms with Gasteiger partial charge in [-0.3, -0.25) is 9.78 Å². The molecule has 1 atom stereocenters. The zero-order valence-electron chi connectivity index (χ0n) is 12.9. The summed E-state index contributed by atoms with van der Waals surface area (Å²) < 4.78 is 0. The molecule has 1 heterocycles. The van der Waals surface area contributed by atoms with Gasteiger partial charge in [0.1, 0.15) is 0 Å². The maximum Gasteiger partial charge on any atom is 0.220 e. The second-order valence-electron chi connectivity index (χ2n) is 5.51. The van der Waals surface area contributed by atoms with Crippen molar-refractivity contribution in [1.82, 2.24) is 10.3 Å². The maximum atomic E-state index is 12.0. The van der Waals surface area contributed by atoms with E-state index in [4.69, 9.17) is 0 Å². The lowest BCUT2D eigenvalue weighted by Gasteiger charge is -2.14. The number of aryl methyl sites for hydroxylation is 3. The van der Waals surface area contributed by atoms with E-state index in [9.17, 15) is 4.79 Å². The molecule has 0 radical (unpaired) electrons. The summed E-state index contributed by atoms with van der Waals surface area (Å²) in [5.74, 6) is 0.0753. The van der Waals surface area contributed by atoms with Crippen molar-refractivity contribution in [3.63, 3.8) is 0 Å². The lowest BCUT2D eigenvalue weighted by atomic mass is 10.0. The first-order valence-electron chi connectivity index (χ1n) is 7.31. The van der Waals surface area contributed by atoms with Crippen LogP contribution in [0.2, 0.25) is 0 Å². The van der Waals surface area contributed by atoms with Gasteiger partial charge in [0.25, 0.3) is 0 Å². The molecule has 0 aliphatic carbocycles. The highest BCUT2D eigenvalue weighted by atomic mass is 16.1. The van der Waals surface area contributed by atoms with Gasteiger partial charge in [-0.05, 0) is 49.9 Å². The number of hydrogen-bond acceptors (Lipinski definition) is 2. The fourth-order valence-electron chi connectivity index (χ4n) is 2.40. The van der Waals surface area contributed by atoms with Crippen molar-refractivity contribution in [1.29, 1.82) is 0 Å².